The number of hydrogen-bond donors (Lipinski definition) is 0. The highest BCUT2D eigenvalue weighted by Crippen LogP contribution is 2.26. The highest BCUT2D eigenvalue weighted by atomic mass is 32.2. The maximum absolute atomic E-state index is 13.4. The minimum absolute atomic E-state index is 0.0201. The van der Waals surface area contributed by atoms with Crippen LogP contribution >= 0.6 is 0 Å². The van der Waals surface area contributed by atoms with Crippen LogP contribution in [0.1, 0.15) is 24.4 Å². The van der Waals surface area contributed by atoms with Crippen LogP contribution in [0.4, 0.5) is 4.39 Å². The summed E-state index contributed by atoms with van der Waals surface area (Å²) in [4.78, 5) is 4.54. The first-order valence-electron chi connectivity index (χ1n) is 9.17. The van der Waals surface area contributed by atoms with Gasteiger partial charge in [-0.05, 0) is 43.9 Å². The fourth-order valence-corrected chi connectivity index (χ4v) is 5.05. The molecule has 2 aromatic rings. The Balaban J connectivity index is 1.63. The van der Waals surface area contributed by atoms with Crippen molar-refractivity contribution in [2.45, 2.75) is 37.6 Å². The van der Waals surface area contributed by atoms with E-state index in [1.807, 2.05) is 13.1 Å². The summed E-state index contributed by atoms with van der Waals surface area (Å²) in [6, 6.07) is 5.20. The van der Waals surface area contributed by atoms with Crippen molar-refractivity contribution in [2.24, 2.45) is 5.92 Å². The number of nitrogens with zero attached hydrogens (tertiary/aromatic N) is 3. The van der Waals surface area contributed by atoms with Crippen LogP contribution in [0.15, 0.2) is 35.4 Å². The summed E-state index contributed by atoms with van der Waals surface area (Å²) in [5.41, 5.74) is 1.10. The Morgan fingerprint density at radius 1 is 1.30 bits per heavy atom. The highest BCUT2D eigenvalue weighted by molar-refractivity contribution is 7.89. The van der Waals surface area contributed by atoms with Gasteiger partial charge in [0.05, 0.1) is 11.5 Å². The number of ether oxygens (including phenoxy) is 1. The van der Waals surface area contributed by atoms with Gasteiger partial charge in [-0.25, -0.2) is 17.8 Å². The normalized spacial score (nSPS) is 16.7. The first-order valence-corrected chi connectivity index (χ1v) is 10.6. The number of piperidine rings is 1. The fraction of sp³-hybridized carbons (Fsp3) is 0.526. The Hall–Kier alpha value is -1.77. The molecule has 0 N–H and O–H groups in total. The van der Waals surface area contributed by atoms with Crippen LogP contribution in [0.25, 0.3) is 0 Å². The zero-order valence-electron chi connectivity index (χ0n) is 15.8. The molecule has 0 aliphatic carbocycles. The standard InChI is InChI=1S/C19H26FN3O3S/c1-15-14-21-19(23(15)10-11-26-2)12-16-6-8-22(9-7-16)27(24,25)18-5-3-4-17(20)13-18/h3-5,13-14,16H,6-12H2,1-2H3. The zero-order chi connectivity index (χ0) is 19.4. The topological polar surface area (TPSA) is 64.4 Å². The fourth-order valence-electron chi connectivity index (χ4n) is 3.55. The van der Waals surface area contributed by atoms with Crippen LogP contribution in [0.5, 0.6) is 0 Å². The van der Waals surface area contributed by atoms with Crippen LogP contribution in [0, 0.1) is 18.7 Å². The van der Waals surface area contributed by atoms with E-state index in [4.69, 9.17) is 4.74 Å². The third-order valence-corrected chi connectivity index (χ3v) is 7.03. The van der Waals surface area contributed by atoms with E-state index in [0.717, 1.165) is 43.4 Å². The van der Waals surface area contributed by atoms with E-state index in [0.29, 0.717) is 25.6 Å². The monoisotopic (exact) mass is 395 g/mol. The van der Waals surface area contributed by atoms with Gasteiger partial charge in [-0.2, -0.15) is 4.31 Å². The van der Waals surface area contributed by atoms with E-state index in [2.05, 4.69) is 9.55 Å². The van der Waals surface area contributed by atoms with Crippen LogP contribution in [-0.4, -0.2) is 49.1 Å². The molecule has 0 spiro atoms. The molecule has 6 nitrogen and oxygen atoms in total. The van der Waals surface area contributed by atoms with Gasteiger partial charge >= 0.3 is 0 Å². The molecule has 1 aromatic heterocycles. The van der Waals surface area contributed by atoms with E-state index in [1.165, 1.54) is 22.5 Å². The molecule has 0 saturated carbocycles. The lowest BCUT2D eigenvalue weighted by molar-refractivity contribution is 0.184. The summed E-state index contributed by atoms with van der Waals surface area (Å²) in [6.07, 6.45) is 4.23. The lowest BCUT2D eigenvalue weighted by atomic mass is 9.94. The predicted molar refractivity (Wildman–Crippen MR) is 100 cm³/mol. The van der Waals surface area contributed by atoms with Gasteiger partial charge in [0.1, 0.15) is 11.6 Å². The van der Waals surface area contributed by atoms with Crippen molar-refractivity contribution in [2.75, 3.05) is 26.8 Å². The van der Waals surface area contributed by atoms with Gasteiger partial charge in [0.15, 0.2) is 0 Å². The van der Waals surface area contributed by atoms with E-state index < -0.39 is 15.8 Å². The van der Waals surface area contributed by atoms with Crippen molar-refractivity contribution in [1.82, 2.24) is 13.9 Å². The molecule has 0 amide bonds. The van der Waals surface area contributed by atoms with E-state index in [9.17, 15) is 12.8 Å². The number of benzene rings is 1. The maximum Gasteiger partial charge on any atom is 0.243 e. The average Bonchev–Trinajstić information content (AvgIpc) is 3.00. The number of aromatic nitrogens is 2. The van der Waals surface area contributed by atoms with E-state index in [-0.39, 0.29) is 4.90 Å². The Morgan fingerprint density at radius 3 is 2.70 bits per heavy atom. The van der Waals surface area contributed by atoms with Crippen LogP contribution in [0.3, 0.4) is 0 Å². The molecular weight excluding hydrogens is 369 g/mol. The first-order chi connectivity index (χ1) is 12.9. The van der Waals surface area contributed by atoms with Crippen molar-refractivity contribution in [3.05, 3.63) is 47.8 Å². The van der Waals surface area contributed by atoms with Gasteiger partial charge in [-0.1, -0.05) is 6.07 Å². The van der Waals surface area contributed by atoms with Crippen molar-refractivity contribution in [1.29, 1.82) is 0 Å². The van der Waals surface area contributed by atoms with Crippen molar-refractivity contribution in [3.8, 4) is 0 Å². The molecule has 1 aliphatic heterocycles. The molecule has 1 fully saturated rings. The number of hydrogen-bond acceptors (Lipinski definition) is 4. The van der Waals surface area contributed by atoms with E-state index >= 15 is 0 Å². The lowest BCUT2D eigenvalue weighted by Gasteiger charge is -2.31. The van der Waals surface area contributed by atoms with Gasteiger partial charge in [0.25, 0.3) is 0 Å². The zero-order valence-corrected chi connectivity index (χ0v) is 16.6. The summed E-state index contributed by atoms with van der Waals surface area (Å²) in [6.45, 7) is 4.32. The summed E-state index contributed by atoms with van der Waals surface area (Å²) in [5, 5.41) is 0. The minimum atomic E-state index is -3.64. The quantitative estimate of drug-likeness (QED) is 0.723. The molecule has 3 rings (SSSR count). The van der Waals surface area contributed by atoms with Gasteiger partial charge in [0, 0.05) is 45.1 Å². The summed E-state index contributed by atoms with van der Waals surface area (Å²) in [7, 11) is -1.96. The molecule has 0 radical (unpaired) electrons. The minimum Gasteiger partial charge on any atom is -0.383 e. The lowest BCUT2D eigenvalue weighted by Crippen LogP contribution is -2.39. The van der Waals surface area contributed by atoms with Crippen molar-refractivity contribution < 1.29 is 17.5 Å². The number of rotatable bonds is 7. The Bertz CT molecular complexity index is 874. The molecule has 0 bridgehead atoms. The second-order valence-corrected chi connectivity index (χ2v) is 8.91. The SMILES string of the molecule is COCCn1c(C)cnc1CC1CCN(S(=O)(=O)c2cccc(F)c2)CC1. The summed E-state index contributed by atoms with van der Waals surface area (Å²) >= 11 is 0. The van der Waals surface area contributed by atoms with Crippen LogP contribution in [0.2, 0.25) is 0 Å². The molecule has 2 heterocycles. The van der Waals surface area contributed by atoms with Crippen molar-refractivity contribution >= 4 is 10.0 Å². The third-order valence-electron chi connectivity index (χ3n) is 5.14. The Labute approximate surface area is 160 Å². The number of methoxy groups -OCH3 is 1. The average molecular weight is 396 g/mol. The third kappa shape index (κ3) is 4.56. The van der Waals surface area contributed by atoms with Gasteiger partial charge < -0.3 is 9.30 Å². The predicted octanol–water partition coefficient (Wildman–Crippen LogP) is 2.62. The first kappa shape index (κ1) is 20.0. The van der Waals surface area contributed by atoms with Crippen LogP contribution < -0.4 is 0 Å². The molecule has 1 aromatic carbocycles. The summed E-state index contributed by atoms with van der Waals surface area (Å²) in [5.74, 6) is 0.868. The number of sulfonamides is 1. The molecular formula is C19H26FN3O3S. The number of aryl methyl sites for hydroxylation is 1. The van der Waals surface area contributed by atoms with Gasteiger partial charge in [-0.15, -0.1) is 0 Å². The van der Waals surface area contributed by atoms with Crippen LogP contribution in [-0.2, 0) is 27.7 Å². The largest absolute Gasteiger partial charge is 0.383 e. The summed E-state index contributed by atoms with van der Waals surface area (Å²) < 4.78 is 47.6. The molecule has 1 saturated heterocycles. The molecule has 1 aliphatic rings. The second kappa shape index (κ2) is 8.50. The van der Waals surface area contributed by atoms with E-state index in [1.54, 1.807) is 7.11 Å². The Kier molecular flexibility index (Phi) is 6.29. The van der Waals surface area contributed by atoms with Gasteiger partial charge in [0.2, 0.25) is 10.0 Å². The number of halogens is 1. The molecule has 148 valence electrons. The highest BCUT2D eigenvalue weighted by Gasteiger charge is 2.30. The molecule has 0 unspecified atom stereocenters. The van der Waals surface area contributed by atoms with Gasteiger partial charge in [-0.3, -0.25) is 0 Å². The smallest absolute Gasteiger partial charge is 0.243 e. The maximum atomic E-state index is 13.4. The second-order valence-electron chi connectivity index (χ2n) is 6.97. The molecule has 27 heavy (non-hydrogen) atoms. The Morgan fingerprint density at radius 2 is 2.04 bits per heavy atom. The molecule has 8 heteroatoms. The number of imidazole rings is 1. The molecule has 0 atom stereocenters. The van der Waals surface area contributed by atoms with Crippen molar-refractivity contribution in [3.63, 3.8) is 0 Å².